The number of azo groups is 5. The van der Waals surface area contributed by atoms with Crippen LogP contribution in [0.3, 0.4) is 0 Å². The Hall–Kier alpha value is -3.46. The molecule has 0 atom stereocenters. The number of aryl methyl sites for hydroxylation is 1. The molecule has 11 rings (SSSR count). The third kappa shape index (κ3) is 25.7. The van der Waals surface area contributed by atoms with E-state index in [1.54, 1.807) is 18.2 Å². The molecule has 0 heterocycles. The predicted molar refractivity (Wildman–Crippen MR) is 370 cm³/mol. The van der Waals surface area contributed by atoms with Crippen molar-refractivity contribution in [2.45, 2.75) is 47.6 Å². The predicted octanol–water partition coefficient (Wildman–Crippen LogP) is -14.2. The largest absolute Gasteiger partial charge is 1.00 e. The van der Waals surface area contributed by atoms with E-state index in [0.29, 0.717) is 42.5 Å². The van der Waals surface area contributed by atoms with Gasteiger partial charge in [-0.2, -0.15) is 43.9 Å². The van der Waals surface area contributed by atoms with Crippen molar-refractivity contribution in [3.8, 4) is 28.7 Å². The van der Waals surface area contributed by atoms with Crippen LogP contribution >= 0.6 is 0 Å². The van der Waals surface area contributed by atoms with Crippen LogP contribution in [0.1, 0.15) is 12.0 Å². The van der Waals surface area contributed by atoms with Gasteiger partial charge in [-0.1, -0.05) is 77.6 Å². The van der Waals surface area contributed by atoms with Crippen molar-refractivity contribution in [2.24, 2.45) is 51.1 Å². The van der Waals surface area contributed by atoms with Crippen LogP contribution in [0.5, 0.6) is 28.7 Å². The van der Waals surface area contributed by atoms with Gasteiger partial charge in [0.1, 0.15) is 78.4 Å². The van der Waals surface area contributed by atoms with Crippen LogP contribution in [0.25, 0.3) is 43.1 Å². The molecule has 11 aromatic rings. The molecule has 56 heteroatoms. The van der Waals surface area contributed by atoms with Crippen LogP contribution in [-0.4, -0.2) is 116 Å². The van der Waals surface area contributed by atoms with Crippen LogP contribution in [0.2, 0.25) is 0 Å². The number of ether oxygens (including phenoxy) is 1. The third-order valence-electron chi connectivity index (χ3n) is 15.5. The van der Waals surface area contributed by atoms with Crippen molar-refractivity contribution in [3.63, 3.8) is 0 Å². The van der Waals surface area contributed by atoms with E-state index in [9.17, 15) is 124 Å². The fourth-order valence-electron chi connectivity index (χ4n) is 10.7. The minimum absolute atomic E-state index is 0. The number of hydrogen-bond acceptors (Lipinski definition) is 36. The second-order valence-corrected chi connectivity index (χ2v) is 34.0. The van der Waals surface area contributed by atoms with Crippen LogP contribution in [0.4, 0.5) is 68.2 Å². The number of benzene rings is 11. The second-order valence-electron chi connectivity index (χ2n) is 22.9. The molecule has 5 N–H and O–H groups in total. The van der Waals surface area contributed by atoms with E-state index in [4.69, 9.17) is 4.74 Å². The molecule has 0 fully saturated rings. The molecule has 572 valence electrons. The van der Waals surface area contributed by atoms with Gasteiger partial charge < -0.3 is 48.7 Å². The molecular weight excluding hydrogens is 1800 g/mol. The molecule has 0 aliphatic heterocycles. The van der Waals surface area contributed by atoms with Crippen molar-refractivity contribution >= 4 is 192 Å². The first-order chi connectivity index (χ1) is 51.1. The van der Waals surface area contributed by atoms with Gasteiger partial charge in [-0.3, -0.25) is 18.2 Å². The molecule has 0 bridgehead atoms. The zero-order chi connectivity index (χ0) is 80.3. The summed E-state index contributed by atoms with van der Waals surface area (Å²) >= 11 is 0. The Morgan fingerprint density at radius 1 is 0.373 bits per heavy atom. The summed E-state index contributed by atoms with van der Waals surface area (Å²) in [4.78, 5) is -8.50. The molecular formula is C62H39N11Na8O29S8. The van der Waals surface area contributed by atoms with Gasteiger partial charge in [-0.25, -0.2) is 33.7 Å². The number of para-hydroxylation sites is 1. The Morgan fingerprint density at radius 2 is 0.839 bits per heavy atom. The van der Waals surface area contributed by atoms with Crippen LogP contribution < -0.4 is 267 Å². The van der Waals surface area contributed by atoms with Crippen molar-refractivity contribution in [1.82, 2.24) is 0 Å². The first-order valence-corrected chi connectivity index (χ1v) is 41.4. The normalized spacial score (nSPS) is 12.3. The smallest absolute Gasteiger partial charge is 0.872 e. The van der Waals surface area contributed by atoms with Gasteiger partial charge in [-0.15, -0.1) is 40.9 Å². The van der Waals surface area contributed by atoms with E-state index < -0.39 is 241 Å². The van der Waals surface area contributed by atoms with Gasteiger partial charge in [-0.05, 0) is 137 Å². The first-order valence-electron chi connectivity index (χ1n) is 29.8. The van der Waals surface area contributed by atoms with Crippen molar-refractivity contribution < 1.29 is 365 Å². The quantitative estimate of drug-likeness (QED) is 0.0162. The molecule has 0 aliphatic rings. The molecule has 0 radical (unpaired) electrons. The first kappa shape index (κ1) is 109. The summed E-state index contributed by atoms with van der Waals surface area (Å²) in [5.41, 5.74) is -7.45. The number of anilines is 2. The summed E-state index contributed by atoms with van der Waals surface area (Å²) in [5, 5.41) is 92.7. The topological polar surface area (TPSA) is 683 Å². The van der Waals surface area contributed by atoms with E-state index in [2.05, 4.69) is 56.5 Å². The van der Waals surface area contributed by atoms with E-state index in [0.717, 1.165) is 66.7 Å². The third-order valence-corrected chi connectivity index (χ3v) is 22.4. The summed E-state index contributed by atoms with van der Waals surface area (Å²) in [5.74, 6) is -6.88. The molecule has 0 spiro atoms. The fourth-order valence-corrected chi connectivity index (χ4v) is 15.6. The van der Waals surface area contributed by atoms with Gasteiger partial charge in [0.25, 0.3) is 40.5 Å². The molecule has 40 nitrogen and oxygen atoms in total. The fraction of sp³-hybridized carbons (Fsp3) is 0.0645. The molecule has 0 saturated heterocycles. The standard InChI is InChI=1S/C62H47N11O29S8.8Na/c1-30-20-46(49(102-18-7-19-103(78,79)80)29-45(30)67-69-47-25-35(104(81,82)83)22-32-23-36(105(84,85)86)26-48(74)54(32)47)68-73-58-53(109(96,97)98)28-41-39(61(58)77)15-17-44(62(41)110(99,100)101)66-70-55-40-27-52(108(93,94)95)57(60(76)38(40)14-16-43(55)63-33-8-3-2-4-9-33)71-64-34-12-13-37-31(21-34)24-51(107(90,91)92)56(59(37)75)72-65-42-10-5-6-11-50(42)106(87,88)89;;;;;;;;/h2-6,8-17,20-29,63,74-77H,7,18-19H2,1H3,(H,78,79,80)(H,81,82,83)(H,84,85,86)(H,87,88,89)(H,90,91,92)(H,93,94,95)(H,96,97,98)(H,99,100,101);;;;;;;;/q;8*+1/p-8. The van der Waals surface area contributed by atoms with E-state index in [1.165, 1.54) is 31.2 Å². The average Bonchev–Trinajstić information content (AvgIpc) is 0.713. The minimum Gasteiger partial charge on any atom is -0.872 e. The molecule has 11 aromatic carbocycles. The average molecular weight is 1840 g/mol. The number of rotatable bonds is 24. The molecule has 118 heavy (non-hydrogen) atoms. The van der Waals surface area contributed by atoms with Gasteiger partial charge in [0.15, 0.2) is 0 Å². The SMILES string of the molecule is Cc1cc(N=Nc2c(S(=O)(=O)O)cc3c(S(=O)(=O)O)c(N=Nc4c(Nc5ccccc5)ccc5c([O-])c(N=Nc6ccc7c([O-])c(N=Nc8ccccc8S(=O)(=O)[O-])c(S(=O)(=O)O)cc7c6)c(S(=O)(=O)O)cc45)ccc3c2[O-])c(OCCCS(=O)(=O)[O-])cc1N=Nc1cc(S(=O)(=O)[O-])cc2cc(S(=O)(=O)[O-])cc([O-])c12.[Na+].[Na+].[Na+].[Na+].[Na+].[Na+].[Na+].[Na+]. The Bertz CT molecular complexity index is 6980. The van der Waals surface area contributed by atoms with Gasteiger partial charge in [0, 0.05) is 33.7 Å². The Labute approximate surface area is 846 Å². The van der Waals surface area contributed by atoms with E-state index in [1.807, 2.05) is 0 Å². The second kappa shape index (κ2) is 42.7. The zero-order valence-corrected chi connectivity index (χ0v) is 84.8. The number of nitrogens with zero attached hydrogens (tertiary/aromatic N) is 10. The molecule has 0 unspecified atom stereocenters. The van der Waals surface area contributed by atoms with Crippen molar-refractivity contribution in [3.05, 3.63) is 157 Å². The number of nitrogens with one attached hydrogen (secondary N) is 1. The Morgan fingerprint density at radius 3 is 1.39 bits per heavy atom. The molecule has 0 saturated carbocycles. The molecule has 0 amide bonds. The summed E-state index contributed by atoms with van der Waals surface area (Å²) in [6, 6.07) is 24.6. The summed E-state index contributed by atoms with van der Waals surface area (Å²) in [6.07, 6.45) is -0.520. The monoisotopic (exact) mass is 1840 g/mol. The van der Waals surface area contributed by atoms with Crippen LogP contribution in [0, 0.1) is 6.92 Å². The van der Waals surface area contributed by atoms with Crippen LogP contribution in [-0.2, 0) is 80.9 Å². The van der Waals surface area contributed by atoms with Gasteiger partial charge in [0.05, 0.1) is 71.2 Å². The molecule has 0 aromatic heterocycles. The Balaban J connectivity index is 0.00000450. The Kier molecular flexibility index (Phi) is 39.3. The van der Waals surface area contributed by atoms with E-state index in [-0.39, 0.29) is 276 Å². The van der Waals surface area contributed by atoms with Gasteiger partial charge in [0.2, 0.25) is 0 Å². The molecule has 0 aliphatic carbocycles. The minimum atomic E-state index is -5.80. The maximum Gasteiger partial charge on any atom is 1.00 e. The van der Waals surface area contributed by atoms with Crippen LogP contribution in [0.15, 0.2) is 237 Å². The number of hydrogen-bond donors (Lipinski definition) is 5. The maximum atomic E-state index is 14.6. The van der Waals surface area contributed by atoms with Gasteiger partial charge >= 0.3 is 236 Å². The van der Waals surface area contributed by atoms with Crippen molar-refractivity contribution in [1.29, 1.82) is 0 Å². The van der Waals surface area contributed by atoms with Crippen molar-refractivity contribution in [2.75, 3.05) is 17.7 Å². The summed E-state index contributed by atoms with van der Waals surface area (Å²) in [6.45, 7) is 0.627. The van der Waals surface area contributed by atoms with E-state index >= 15 is 0 Å². The maximum absolute atomic E-state index is 14.6. The zero-order valence-electron chi connectivity index (χ0n) is 62.3. The number of fused-ring (bicyclic) bond motifs is 4. The summed E-state index contributed by atoms with van der Waals surface area (Å²) < 4.78 is 296. The summed E-state index contributed by atoms with van der Waals surface area (Å²) in [7, 11) is -43.4.